The Morgan fingerprint density at radius 1 is 0.727 bits per heavy atom. The summed E-state index contributed by atoms with van der Waals surface area (Å²) in [7, 11) is 0.499. The number of ether oxygens (including phenoxy) is 3. The molecular formula is C35H45N3O5S. The summed E-state index contributed by atoms with van der Waals surface area (Å²) >= 11 is 0. The lowest BCUT2D eigenvalue weighted by atomic mass is 9.78. The molecule has 0 saturated carbocycles. The van der Waals surface area contributed by atoms with Gasteiger partial charge in [0.1, 0.15) is 12.4 Å². The van der Waals surface area contributed by atoms with E-state index in [2.05, 4.69) is 53.1 Å². The van der Waals surface area contributed by atoms with Crippen molar-refractivity contribution in [2.24, 2.45) is 11.8 Å². The second-order valence-corrected chi connectivity index (χ2v) is 14.6. The van der Waals surface area contributed by atoms with Crippen molar-refractivity contribution in [2.75, 3.05) is 60.2 Å². The van der Waals surface area contributed by atoms with E-state index in [0.717, 1.165) is 55.9 Å². The van der Waals surface area contributed by atoms with Gasteiger partial charge in [0.25, 0.3) is 0 Å². The third-order valence-corrected chi connectivity index (χ3v) is 11.1. The average molecular weight is 620 g/mol. The standard InChI is InChI=1S/C35H45N3O5S/c1-36(2)21-22-41-31-7-3-27(4-8-31)24-37-17-13-29(14-18-37)30-15-19-38(20-16-30)25-28-5-9-32(10-6-28)44(39,40)33-11-12-34-35(23-33)43-26-42-34/h3-12,23,29-30H,13-22,24-26H2,1-2H3. The first-order chi connectivity index (χ1) is 21.3. The zero-order valence-electron chi connectivity index (χ0n) is 26.0. The number of sulfone groups is 1. The lowest BCUT2D eigenvalue weighted by Crippen LogP contribution is -2.40. The lowest BCUT2D eigenvalue weighted by Gasteiger charge is -2.40. The van der Waals surface area contributed by atoms with E-state index in [1.165, 1.54) is 44.3 Å². The lowest BCUT2D eigenvalue weighted by molar-refractivity contribution is 0.0909. The number of likely N-dealkylation sites (N-methyl/N-ethyl adjacent to an activating group) is 1. The molecule has 0 atom stereocenters. The fourth-order valence-electron chi connectivity index (χ4n) is 6.67. The van der Waals surface area contributed by atoms with Crippen LogP contribution in [0.3, 0.4) is 0 Å². The highest BCUT2D eigenvalue weighted by atomic mass is 32.2. The predicted molar refractivity (Wildman–Crippen MR) is 171 cm³/mol. The van der Waals surface area contributed by atoms with Crippen molar-refractivity contribution in [2.45, 2.75) is 48.6 Å². The molecule has 3 aliphatic rings. The molecule has 0 radical (unpaired) electrons. The molecule has 3 heterocycles. The minimum Gasteiger partial charge on any atom is -0.492 e. The van der Waals surface area contributed by atoms with E-state index in [0.29, 0.717) is 23.0 Å². The van der Waals surface area contributed by atoms with Crippen LogP contribution in [0, 0.1) is 11.8 Å². The third-order valence-electron chi connectivity index (χ3n) is 9.36. The number of hydrogen-bond donors (Lipinski definition) is 0. The van der Waals surface area contributed by atoms with Crippen molar-refractivity contribution in [3.05, 3.63) is 77.9 Å². The summed E-state index contributed by atoms with van der Waals surface area (Å²) < 4.78 is 42.9. The number of fused-ring (bicyclic) bond motifs is 1. The molecule has 3 aromatic carbocycles. The summed E-state index contributed by atoms with van der Waals surface area (Å²) in [4.78, 5) is 7.76. The summed E-state index contributed by atoms with van der Waals surface area (Å²) in [5.74, 6) is 3.62. The summed E-state index contributed by atoms with van der Waals surface area (Å²) in [6.45, 7) is 8.17. The maximum absolute atomic E-state index is 13.2. The van der Waals surface area contributed by atoms with Crippen molar-refractivity contribution in [1.82, 2.24) is 14.7 Å². The van der Waals surface area contributed by atoms with E-state index >= 15 is 0 Å². The van der Waals surface area contributed by atoms with Crippen LogP contribution in [0.2, 0.25) is 0 Å². The van der Waals surface area contributed by atoms with Crippen molar-refractivity contribution in [1.29, 1.82) is 0 Å². The zero-order chi connectivity index (χ0) is 30.5. The molecule has 0 aliphatic carbocycles. The molecule has 6 rings (SSSR count). The number of hydrogen-bond acceptors (Lipinski definition) is 8. The van der Waals surface area contributed by atoms with Gasteiger partial charge in [0.15, 0.2) is 11.5 Å². The monoisotopic (exact) mass is 619 g/mol. The van der Waals surface area contributed by atoms with E-state index in [1.807, 2.05) is 12.1 Å². The molecule has 8 nitrogen and oxygen atoms in total. The summed E-state index contributed by atoms with van der Waals surface area (Å²) in [5, 5.41) is 0. The Morgan fingerprint density at radius 3 is 1.82 bits per heavy atom. The maximum Gasteiger partial charge on any atom is 0.231 e. The Kier molecular flexibility index (Phi) is 9.76. The minimum atomic E-state index is -3.62. The fraction of sp³-hybridized carbons (Fsp3) is 0.486. The highest BCUT2D eigenvalue weighted by Gasteiger charge is 2.30. The van der Waals surface area contributed by atoms with Gasteiger partial charge in [0.2, 0.25) is 16.6 Å². The van der Waals surface area contributed by atoms with Gasteiger partial charge < -0.3 is 19.1 Å². The van der Waals surface area contributed by atoms with Crippen LogP contribution >= 0.6 is 0 Å². The summed E-state index contributed by atoms with van der Waals surface area (Å²) in [6.07, 6.45) is 5.07. The topological polar surface area (TPSA) is 71.6 Å². The average Bonchev–Trinajstić information content (AvgIpc) is 3.51. The molecule has 44 heavy (non-hydrogen) atoms. The smallest absolute Gasteiger partial charge is 0.231 e. The highest BCUT2D eigenvalue weighted by Crippen LogP contribution is 2.36. The molecular weight excluding hydrogens is 574 g/mol. The van der Waals surface area contributed by atoms with Gasteiger partial charge in [-0.3, -0.25) is 9.80 Å². The van der Waals surface area contributed by atoms with Crippen LogP contribution in [-0.4, -0.2) is 83.3 Å². The second kappa shape index (κ2) is 13.9. The first-order valence-corrected chi connectivity index (χ1v) is 17.4. The SMILES string of the molecule is CN(C)CCOc1ccc(CN2CCC(C3CCN(Cc4ccc(S(=O)(=O)c5ccc6c(c5)OCO6)cc4)CC3)CC2)cc1. The van der Waals surface area contributed by atoms with Gasteiger partial charge >= 0.3 is 0 Å². The van der Waals surface area contributed by atoms with Crippen molar-refractivity contribution in [3.63, 3.8) is 0 Å². The zero-order valence-corrected chi connectivity index (χ0v) is 26.8. The van der Waals surface area contributed by atoms with E-state index in [-0.39, 0.29) is 11.7 Å². The highest BCUT2D eigenvalue weighted by molar-refractivity contribution is 7.91. The number of likely N-dealkylation sites (tertiary alicyclic amines) is 2. The summed E-state index contributed by atoms with van der Waals surface area (Å²) in [6, 6.07) is 20.7. The van der Waals surface area contributed by atoms with Crippen LogP contribution in [0.25, 0.3) is 0 Å². The number of benzene rings is 3. The summed E-state index contributed by atoms with van der Waals surface area (Å²) in [5.41, 5.74) is 2.50. The van der Waals surface area contributed by atoms with Crippen molar-refractivity contribution in [3.8, 4) is 17.2 Å². The van der Waals surface area contributed by atoms with Gasteiger partial charge in [-0.25, -0.2) is 8.42 Å². The number of rotatable bonds is 11. The van der Waals surface area contributed by atoms with E-state index in [4.69, 9.17) is 14.2 Å². The molecule has 0 unspecified atom stereocenters. The van der Waals surface area contributed by atoms with Gasteiger partial charge in [-0.2, -0.15) is 0 Å². The van der Waals surface area contributed by atoms with E-state index in [1.54, 1.807) is 30.3 Å². The molecule has 0 N–H and O–H groups in total. The van der Waals surface area contributed by atoms with Crippen LogP contribution in [0.1, 0.15) is 36.8 Å². The van der Waals surface area contributed by atoms with Gasteiger partial charge in [-0.05, 0) is 125 Å². The van der Waals surface area contributed by atoms with Gasteiger partial charge in [-0.1, -0.05) is 24.3 Å². The first kappa shape index (κ1) is 30.9. The van der Waals surface area contributed by atoms with Crippen LogP contribution in [0.4, 0.5) is 0 Å². The molecule has 2 saturated heterocycles. The fourth-order valence-corrected chi connectivity index (χ4v) is 7.95. The molecule has 2 fully saturated rings. The number of piperidine rings is 2. The van der Waals surface area contributed by atoms with Gasteiger partial charge in [0, 0.05) is 25.7 Å². The quantitative estimate of drug-likeness (QED) is 0.286. The molecule has 0 spiro atoms. The van der Waals surface area contributed by atoms with Gasteiger partial charge in [-0.15, -0.1) is 0 Å². The van der Waals surface area contributed by atoms with Crippen LogP contribution < -0.4 is 14.2 Å². The maximum atomic E-state index is 13.2. The van der Waals surface area contributed by atoms with Crippen molar-refractivity contribution >= 4 is 9.84 Å². The number of nitrogens with zero attached hydrogens (tertiary/aromatic N) is 3. The Hall–Kier alpha value is -3.11. The molecule has 0 bridgehead atoms. The molecule has 3 aromatic rings. The first-order valence-electron chi connectivity index (χ1n) is 15.9. The normalized spacial score (nSPS) is 18.6. The Balaban J connectivity index is 0.925. The van der Waals surface area contributed by atoms with Crippen LogP contribution in [-0.2, 0) is 22.9 Å². The van der Waals surface area contributed by atoms with E-state index < -0.39 is 9.84 Å². The Morgan fingerprint density at radius 2 is 1.25 bits per heavy atom. The predicted octanol–water partition coefficient (Wildman–Crippen LogP) is 5.31. The second-order valence-electron chi connectivity index (χ2n) is 12.7. The molecule has 9 heteroatoms. The van der Waals surface area contributed by atoms with E-state index in [9.17, 15) is 8.42 Å². The molecule has 0 amide bonds. The molecule has 0 aromatic heterocycles. The molecule has 3 aliphatic heterocycles. The largest absolute Gasteiger partial charge is 0.492 e. The Bertz CT molecular complexity index is 1480. The van der Waals surface area contributed by atoms with Crippen molar-refractivity contribution < 1.29 is 22.6 Å². The molecule has 236 valence electrons. The third kappa shape index (κ3) is 7.57. The Labute approximate surface area is 262 Å². The van der Waals surface area contributed by atoms with Crippen LogP contribution in [0.15, 0.2) is 76.5 Å². The van der Waals surface area contributed by atoms with Gasteiger partial charge in [0.05, 0.1) is 9.79 Å². The van der Waals surface area contributed by atoms with Crippen LogP contribution in [0.5, 0.6) is 17.2 Å². The minimum absolute atomic E-state index is 0.119.